The molecule has 0 rings (SSSR count). The Morgan fingerprint density at radius 1 is 1.27 bits per heavy atom. The van der Waals surface area contributed by atoms with Crippen molar-refractivity contribution in [1.82, 2.24) is 0 Å². The van der Waals surface area contributed by atoms with Gasteiger partial charge in [0.25, 0.3) is 0 Å². The Labute approximate surface area is 79.4 Å². The summed E-state index contributed by atoms with van der Waals surface area (Å²) in [4.78, 5) is 10.7. The fourth-order valence-corrected chi connectivity index (χ4v) is 0.752. The van der Waals surface area contributed by atoms with Gasteiger partial charge in [-0.15, -0.1) is 0 Å². The van der Waals surface area contributed by atoms with Crippen molar-refractivity contribution < 1.29 is 26.9 Å². The molecule has 0 amide bonds. The molecular formula is C8H16CrO2+2. The predicted molar refractivity (Wildman–Crippen MR) is 40.8 cm³/mol. The van der Waals surface area contributed by atoms with Gasteiger partial charge in [0.1, 0.15) is 0 Å². The zero-order valence-electron chi connectivity index (χ0n) is 7.26. The average Bonchev–Trinajstić information content (AvgIpc) is 1.89. The van der Waals surface area contributed by atoms with Crippen LogP contribution < -0.4 is 0 Å². The molecule has 0 saturated carbocycles. The Bertz CT molecular complexity index is 94.1. The summed E-state index contributed by atoms with van der Waals surface area (Å²) in [6, 6.07) is 0. The van der Waals surface area contributed by atoms with Crippen LogP contribution in [0.15, 0.2) is 0 Å². The number of hydrogen-bond acceptors (Lipinski definition) is 2. The molecule has 0 aliphatic rings. The van der Waals surface area contributed by atoms with Gasteiger partial charge in [0.2, 0.25) is 0 Å². The first-order valence-electron chi connectivity index (χ1n) is 3.96. The van der Waals surface area contributed by atoms with Crippen LogP contribution in [0.5, 0.6) is 0 Å². The maximum absolute atomic E-state index is 10.7. The maximum atomic E-state index is 10.7. The SMILES string of the molecule is CCCCCC(=O)OCC.[Cr+2]. The van der Waals surface area contributed by atoms with Crippen molar-refractivity contribution in [3.05, 3.63) is 0 Å². The van der Waals surface area contributed by atoms with Crippen molar-refractivity contribution in [2.24, 2.45) is 0 Å². The molecule has 0 atom stereocenters. The van der Waals surface area contributed by atoms with Crippen LogP contribution in [0.4, 0.5) is 0 Å². The second kappa shape index (κ2) is 10.0. The summed E-state index contributed by atoms with van der Waals surface area (Å²) in [5.41, 5.74) is 0. The van der Waals surface area contributed by atoms with Crippen LogP contribution in [-0.2, 0) is 26.9 Å². The molecule has 3 heteroatoms. The van der Waals surface area contributed by atoms with Crippen molar-refractivity contribution >= 4 is 5.97 Å². The van der Waals surface area contributed by atoms with E-state index < -0.39 is 0 Å². The van der Waals surface area contributed by atoms with E-state index in [2.05, 4.69) is 6.92 Å². The molecule has 0 fully saturated rings. The third-order valence-corrected chi connectivity index (χ3v) is 1.29. The number of carbonyl (C=O) groups excluding carboxylic acids is 1. The van der Waals surface area contributed by atoms with Crippen LogP contribution >= 0.6 is 0 Å². The summed E-state index contributed by atoms with van der Waals surface area (Å²) in [5.74, 6) is -0.0593. The molecule has 0 unspecified atom stereocenters. The Morgan fingerprint density at radius 3 is 2.36 bits per heavy atom. The van der Waals surface area contributed by atoms with Gasteiger partial charge in [-0.05, 0) is 13.3 Å². The topological polar surface area (TPSA) is 26.3 Å². The monoisotopic (exact) mass is 196 g/mol. The molecule has 0 aliphatic carbocycles. The Hall–Kier alpha value is 0.00247. The van der Waals surface area contributed by atoms with Gasteiger partial charge >= 0.3 is 23.3 Å². The summed E-state index contributed by atoms with van der Waals surface area (Å²) in [7, 11) is 0. The molecule has 0 radical (unpaired) electrons. The zero-order chi connectivity index (χ0) is 7.82. The summed E-state index contributed by atoms with van der Waals surface area (Å²) >= 11 is 0. The molecule has 0 saturated heterocycles. The molecule has 2 nitrogen and oxygen atoms in total. The minimum Gasteiger partial charge on any atom is -0.466 e. The zero-order valence-corrected chi connectivity index (χ0v) is 8.54. The first kappa shape index (κ1) is 13.6. The standard InChI is InChI=1S/C8H16O2.Cr/c1-3-5-6-7-8(9)10-4-2;/h3-7H2,1-2H3;/q;+2. The van der Waals surface area contributed by atoms with E-state index in [1.807, 2.05) is 6.92 Å². The van der Waals surface area contributed by atoms with Crippen LogP contribution in [0.2, 0.25) is 0 Å². The van der Waals surface area contributed by atoms with Gasteiger partial charge in [-0.1, -0.05) is 19.8 Å². The van der Waals surface area contributed by atoms with E-state index >= 15 is 0 Å². The van der Waals surface area contributed by atoms with E-state index in [4.69, 9.17) is 4.74 Å². The molecule has 64 valence electrons. The van der Waals surface area contributed by atoms with Gasteiger partial charge in [-0.25, -0.2) is 0 Å². The number of carbonyl (C=O) groups is 1. The van der Waals surface area contributed by atoms with Crippen molar-refractivity contribution in [3.8, 4) is 0 Å². The predicted octanol–water partition coefficient (Wildman–Crippen LogP) is 2.13. The Kier molecular flexibility index (Phi) is 12.4. The number of ether oxygens (including phenoxy) is 1. The summed E-state index contributed by atoms with van der Waals surface area (Å²) < 4.78 is 4.75. The molecule has 0 spiro atoms. The fourth-order valence-electron chi connectivity index (χ4n) is 0.752. The van der Waals surface area contributed by atoms with Gasteiger partial charge in [-0.3, -0.25) is 4.79 Å². The van der Waals surface area contributed by atoms with Crippen LogP contribution in [0.1, 0.15) is 39.5 Å². The second-order valence-electron chi connectivity index (χ2n) is 2.26. The summed E-state index contributed by atoms with van der Waals surface area (Å²) in [6.45, 7) is 4.45. The Morgan fingerprint density at radius 2 is 1.91 bits per heavy atom. The number of unbranched alkanes of at least 4 members (excludes halogenated alkanes) is 2. The van der Waals surface area contributed by atoms with Crippen molar-refractivity contribution in [1.29, 1.82) is 0 Å². The number of rotatable bonds is 5. The third kappa shape index (κ3) is 10.0. The molecule has 0 aromatic carbocycles. The molecule has 0 aromatic rings. The summed E-state index contributed by atoms with van der Waals surface area (Å²) in [6.07, 6.45) is 3.83. The van der Waals surface area contributed by atoms with E-state index in [1.54, 1.807) is 0 Å². The van der Waals surface area contributed by atoms with E-state index in [-0.39, 0.29) is 23.3 Å². The van der Waals surface area contributed by atoms with Crippen LogP contribution in [0.25, 0.3) is 0 Å². The molecule has 0 aliphatic heterocycles. The second-order valence-corrected chi connectivity index (χ2v) is 2.26. The molecule has 0 N–H and O–H groups in total. The average molecular weight is 196 g/mol. The van der Waals surface area contributed by atoms with Crippen molar-refractivity contribution in [2.75, 3.05) is 6.61 Å². The van der Waals surface area contributed by atoms with E-state index in [0.29, 0.717) is 13.0 Å². The largest absolute Gasteiger partial charge is 2.00 e. The molecule has 0 bridgehead atoms. The fraction of sp³-hybridized carbons (Fsp3) is 0.875. The first-order valence-corrected chi connectivity index (χ1v) is 3.96. The van der Waals surface area contributed by atoms with Gasteiger partial charge < -0.3 is 4.74 Å². The smallest absolute Gasteiger partial charge is 0.466 e. The van der Waals surface area contributed by atoms with E-state index in [9.17, 15) is 4.79 Å². The molecule has 0 aromatic heterocycles. The van der Waals surface area contributed by atoms with Gasteiger partial charge in [0.05, 0.1) is 6.61 Å². The van der Waals surface area contributed by atoms with Gasteiger partial charge in [0, 0.05) is 6.42 Å². The molecule has 11 heavy (non-hydrogen) atoms. The van der Waals surface area contributed by atoms with Gasteiger partial charge in [-0.2, -0.15) is 0 Å². The van der Waals surface area contributed by atoms with E-state index in [1.165, 1.54) is 0 Å². The van der Waals surface area contributed by atoms with Crippen LogP contribution in [0, 0.1) is 0 Å². The van der Waals surface area contributed by atoms with E-state index in [0.717, 1.165) is 19.3 Å². The quantitative estimate of drug-likeness (QED) is 0.497. The van der Waals surface area contributed by atoms with Crippen molar-refractivity contribution in [3.63, 3.8) is 0 Å². The number of hydrogen-bond donors (Lipinski definition) is 0. The maximum Gasteiger partial charge on any atom is 2.00 e. The Balaban J connectivity index is 0. The minimum absolute atomic E-state index is 0. The van der Waals surface area contributed by atoms with Crippen LogP contribution in [-0.4, -0.2) is 12.6 Å². The van der Waals surface area contributed by atoms with Crippen LogP contribution in [0.3, 0.4) is 0 Å². The molecular weight excluding hydrogens is 180 g/mol. The number of esters is 1. The first-order chi connectivity index (χ1) is 4.81. The normalized spacial score (nSPS) is 8.55. The minimum atomic E-state index is -0.0593. The molecule has 0 heterocycles. The van der Waals surface area contributed by atoms with Crippen molar-refractivity contribution in [2.45, 2.75) is 39.5 Å². The third-order valence-electron chi connectivity index (χ3n) is 1.29. The summed E-state index contributed by atoms with van der Waals surface area (Å²) in [5, 5.41) is 0. The van der Waals surface area contributed by atoms with Gasteiger partial charge in [0.15, 0.2) is 0 Å².